The van der Waals surface area contributed by atoms with Crippen molar-refractivity contribution in [1.29, 1.82) is 0 Å². The average Bonchev–Trinajstić information content (AvgIpc) is 2.56. The van der Waals surface area contributed by atoms with Gasteiger partial charge in [0, 0.05) is 13.1 Å². The smallest absolute Gasteiger partial charge is 0.123 e. The van der Waals surface area contributed by atoms with Gasteiger partial charge in [0.2, 0.25) is 0 Å². The molecule has 0 saturated carbocycles. The van der Waals surface area contributed by atoms with Gasteiger partial charge in [0.25, 0.3) is 0 Å². The second kappa shape index (κ2) is 7.55. The minimum Gasteiger partial charge on any atom is -0.303 e. The normalized spacial score (nSPS) is 19.2. The molecule has 22 heavy (non-hydrogen) atoms. The van der Waals surface area contributed by atoms with Crippen molar-refractivity contribution in [2.45, 2.75) is 25.7 Å². The van der Waals surface area contributed by atoms with Gasteiger partial charge in [-0.3, -0.25) is 0 Å². The molecule has 1 fully saturated rings. The van der Waals surface area contributed by atoms with Gasteiger partial charge in [-0.2, -0.15) is 0 Å². The minimum absolute atomic E-state index is 0.148. The van der Waals surface area contributed by atoms with Crippen molar-refractivity contribution in [2.75, 3.05) is 19.6 Å². The quantitative estimate of drug-likeness (QED) is 0.794. The van der Waals surface area contributed by atoms with Crippen LogP contribution in [-0.4, -0.2) is 24.5 Å². The summed E-state index contributed by atoms with van der Waals surface area (Å²) in [6.07, 6.45) is 4.83. The van der Waals surface area contributed by atoms with Crippen LogP contribution in [0, 0.1) is 11.7 Å². The second-order valence-electron chi connectivity index (χ2n) is 6.38. The lowest BCUT2D eigenvalue weighted by Gasteiger charge is -2.32. The molecule has 0 radical (unpaired) electrons. The molecular formula is C20H24FN. The van der Waals surface area contributed by atoms with Crippen LogP contribution in [0.25, 0.3) is 0 Å². The molecule has 0 amide bonds. The first-order valence-corrected chi connectivity index (χ1v) is 8.30. The van der Waals surface area contributed by atoms with Crippen molar-refractivity contribution < 1.29 is 4.39 Å². The molecule has 1 saturated heterocycles. The van der Waals surface area contributed by atoms with E-state index in [-0.39, 0.29) is 5.82 Å². The van der Waals surface area contributed by atoms with Crippen LogP contribution < -0.4 is 0 Å². The molecule has 1 aliphatic rings. The summed E-state index contributed by atoms with van der Waals surface area (Å²) in [7, 11) is 0. The third-order valence-electron chi connectivity index (χ3n) is 4.60. The molecule has 1 aliphatic heterocycles. The van der Waals surface area contributed by atoms with Crippen molar-refractivity contribution in [3.05, 3.63) is 71.5 Å². The Balaban J connectivity index is 1.49. The average molecular weight is 297 g/mol. The van der Waals surface area contributed by atoms with Crippen molar-refractivity contribution >= 4 is 0 Å². The molecule has 0 bridgehead atoms. The summed E-state index contributed by atoms with van der Waals surface area (Å²) < 4.78 is 12.9. The van der Waals surface area contributed by atoms with Crippen molar-refractivity contribution in [3.8, 4) is 0 Å². The maximum absolute atomic E-state index is 12.9. The highest BCUT2D eigenvalue weighted by Gasteiger charge is 2.19. The number of benzene rings is 2. The van der Waals surface area contributed by atoms with E-state index in [1.807, 2.05) is 12.1 Å². The van der Waals surface area contributed by atoms with Gasteiger partial charge in [0.1, 0.15) is 5.82 Å². The molecule has 116 valence electrons. The fourth-order valence-corrected chi connectivity index (χ4v) is 3.41. The van der Waals surface area contributed by atoms with Crippen molar-refractivity contribution in [3.63, 3.8) is 0 Å². The largest absolute Gasteiger partial charge is 0.303 e. The molecular weight excluding hydrogens is 273 g/mol. The summed E-state index contributed by atoms with van der Waals surface area (Å²) in [5.41, 5.74) is 2.68. The lowest BCUT2D eigenvalue weighted by molar-refractivity contribution is 0.176. The molecule has 1 unspecified atom stereocenters. The maximum atomic E-state index is 12.9. The summed E-state index contributed by atoms with van der Waals surface area (Å²) in [5.74, 6) is 0.619. The Hall–Kier alpha value is -1.67. The summed E-state index contributed by atoms with van der Waals surface area (Å²) in [4.78, 5) is 2.57. The van der Waals surface area contributed by atoms with Crippen molar-refractivity contribution in [1.82, 2.24) is 4.90 Å². The van der Waals surface area contributed by atoms with Gasteiger partial charge in [-0.15, -0.1) is 0 Å². The maximum Gasteiger partial charge on any atom is 0.123 e. The molecule has 2 aromatic rings. The van der Waals surface area contributed by atoms with Crippen LogP contribution in [0.15, 0.2) is 54.6 Å². The van der Waals surface area contributed by atoms with Gasteiger partial charge in [-0.05, 0) is 61.4 Å². The fraction of sp³-hybridized carbons (Fsp3) is 0.400. The van der Waals surface area contributed by atoms with Crippen LogP contribution in [0.2, 0.25) is 0 Å². The molecule has 1 heterocycles. The number of rotatable bonds is 5. The van der Waals surface area contributed by atoms with Crippen LogP contribution in [0.1, 0.15) is 24.0 Å². The van der Waals surface area contributed by atoms with Gasteiger partial charge in [-0.1, -0.05) is 42.5 Å². The van der Waals surface area contributed by atoms with Gasteiger partial charge in [-0.25, -0.2) is 4.39 Å². The highest BCUT2D eigenvalue weighted by atomic mass is 19.1. The van der Waals surface area contributed by atoms with E-state index < -0.39 is 0 Å². The van der Waals surface area contributed by atoms with Gasteiger partial charge < -0.3 is 4.90 Å². The van der Waals surface area contributed by atoms with E-state index in [9.17, 15) is 4.39 Å². The van der Waals surface area contributed by atoms with Gasteiger partial charge in [0.15, 0.2) is 0 Å². The van der Waals surface area contributed by atoms with Gasteiger partial charge in [0.05, 0.1) is 0 Å². The minimum atomic E-state index is -0.148. The molecule has 2 aromatic carbocycles. The lowest BCUT2D eigenvalue weighted by atomic mass is 9.91. The SMILES string of the molecule is Fc1ccc(CCN2CCCC(Cc3ccccc3)C2)cc1. The van der Waals surface area contributed by atoms with E-state index in [1.165, 1.54) is 43.5 Å². The summed E-state index contributed by atoms with van der Waals surface area (Å²) >= 11 is 0. The zero-order valence-electron chi connectivity index (χ0n) is 13.0. The van der Waals surface area contributed by atoms with Crippen LogP contribution >= 0.6 is 0 Å². The highest BCUT2D eigenvalue weighted by molar-refractivity contribution is 5.17. The fourth-order valence-electron chi connectivity index (χ4n) is 3.41. The summed E-state index contributed by atoms with van der Waals surface area (Å²) in [5, 5.41) is 0. The molecule has 1 atom stereocenters. The molecule has 0 spiro atoms. The summed E-state index contributed by atoms with van der Waals surface area (Å²) in [6, 6.07) is 17.7. The Morgan fingerprint density at radius 2 is 1.73 bits per heavy atom. The number of hydrogen-bond acceptors (Lipinski definition) is 1. The first-order chi connectivity index (χ1) is 10.8. The molecule has 0 aromatic heterocycles. The van der Waals surface area contributed by atoms with E-state index in [2.05, 4.69) is 35.2 Å². The van der Waals surface area contributed by atoms with Crippen LogP contribution in [0.3, 0.4) is 0 Å². The predicted molar refractivity (Wildman–Crippen MR) is 89.4 cm³/mol. The molecule has 3 rings (SSSR count). The summed E-state index contributed by atoms with van der Waals surface area (Å²) in [6.45, 7) is 3.47. The number of hydrogen-bond donors (Lipinski definition) is 0. The molecule has 0 aliphatic carbocycles. The first-order valence-electron chi connectivity index (χ1n) is 8.30. The lowest BCUT2D eigenvalue weighted by Crippen LogP contribution is -2.37. The van der Waals surface area contributed by atoms with E-state index in [4.69, 9.17) is 0 Å². The van der Waals surface area contributed by atoms with E-state index >= 15 is 0 Å². The van der Waals surface area contributed by atoms with E-state index in [0.717, 1.165) is 18.9 Å². The zero-order valence-corrected chi connectivity index (χ0v) is 13.0. The standard InChI is InChI=1S/C20H24FN/c21-20-10-8-17(9-11-20)12-14-22-13-4-7-19(16-22)15-18-5-2-1-3-6-18/h1-3,5-6,8-11,19H,4,7,12-16H2. The Bertz CT molecular complexity index is 564. The predicted octanol–water partition coefficient (Wildman–Crippen LogP) is 4.32. The Labute approximate surface area is 132 Å². The Kier molecular flexibility index (Phi) is 5.23. The van der Waals surface area contributed by atoms with Gasteiger partial charge >= 0.3 is 0 Å². The van der Waals surface area contributed by atoms with Crippen LogP contribution in [0.4, 0.5) is 4.39 Å². The third-order valence-corrected chi connectivity index (χ3v) is 4.60. The zero-order chi connectivity index (χ0) is 15.2. The topological polar surface area (TPSA) is 3.24 Å². The van der Waals surface area contributed by atoms with Crippen LogP contribution in [0.5, 0.6) is 0 Å². The van der Waals surface area contributed by atoms with E-state index in [1.54, 1.807) is 12.1 Å². The Morgan fingerprint density at radius 1 is 0.955 bits per heavy atom. The first kappa shape index (κ1) is 15.2. The highest BCUT2D eigenvalue weighted by Crippen LogP contribution is 2.21. The van der Waals surface area contributed by atoms with E-state index in [0.29, 0.717) is 0 Å². The number of nitrogens with zero attached hydrogens (tertiary/aromatic N) is 1. The third kappa shape index (κ3) is 4.41. The number of likely N-dealkylation sites (tertiary alicyclic amines) is 1. The number of piperidine rings is 1. The van der Waals surface area contributed by atoms with Crippen LogP contribution in [-0.2, 0) is 12.8 Å². The number of halogens is 1. The van der Waals surface area contributed by atoms with Crippen molar-refractivity contribution in [2.24, 2.45) is 5.92 Å². The second-order valence-corrected chi connectivity index (χ2v) is 6.38. The molecule has 2 heteroatoms. The monoisotopic (exact) mass is 297 g/mol. The Morgan fingerprint density at radius 3 is 2.50 bits per heavy atom. The molecule has 0 N–H and O–H groups in total. The molecule has 1 nitrogen and oxygen atoms in total.